The Morgan fingerprint density at radius 2 is 1.90 bits per heavy atom. The second-order valence-corrected chi connectivity index (χ2v) is 10.1. The number of fused-ring (bicyclic) bond motifs is 5. The molecule has 0 aromatic heterocycles. The quantitative estimate of drug-likeness (QED) is 0.457. The molecule has 0 heterocycles. The summed E-state index contributed by atoms with van der Waals surface area (Å²) in [6.45, 7) is 4.19. The molecule has 0 spiro atoms. The van der Waals surface area contributed by atoms with Crippen LogP contribution in [-0.4, -0.2) is 68.5 Å². The molecule has 0 aliphatic heterocycles. The lowest BCUT2D eigenvalue weighted by Gasteiger charge is -2.61. The summed E-state index contributed by atoms with van der Waals surface area (Å²) in [4.78, 5) is 36.0. The zero-order chi connectivity index (χ0) is 22.9. The van der Waals surface area contributed by atoms with E-state index in [1.807, 2.05) is 6.92 Å². The van der Waals surface area contributed by atoms with Crippen molar-refractivity contribution >= 4 is 17.5 Å². The van der Waals surface area contributed by atoms with Crippen LogP contribution in [0.15, 0.2) is 23.8 Å². The molecule has 8 heteroatoms. The van der Waals surface area contributed by atoms with Gasteiger partial charge in [-0.25, -0.2) is 0 Å². The van der Waals surface area contributed by atoms with Gasteiger partial charge in [-0.2, -0.15) is 0 Å². The highest BCUT2D eigenvalue weighted by atomic mass is 16.5. The lowest BCUT2D eigenvalue weighted by atomic mass is 9.45. The Balaban J connectivity index is 1.74. The van der Waals surface area contributed by atoms with Crippen molar-refractivity contribution in [3.63, 3.8) is 0 Å². The number of rotatable bonds is 3. The van der Waals surface area contributed by atoms with Gasteiger partial charge in [-0.15, -0.1) is 0 Å². The van der Waals surface area contributed by atoms with Crippen LogP contribution >= 0.6 is 0 Å². The van der Waals surface area contributed by atoms with Crippen LogP contribution in [0.1, 0.15) is 40.0 Å². The van der Waals surface area contributed by atoms with Crippen LogP contribution < -0.4 is 0 Å². The fourth-order valence-corrected chi connectivity index (χ4v) is 7.09. The second kappa shape index (κ2) is 7.07. The zero-order valence-electron chi connectivity index (χ0n) is 17.9. The van der Waals surface area contributed by atoms with E-state index in [0.717, 1.165) is 0 Å². The molecule has 1 unspecified atom stereocenters. The summed E-state index contributed by atoms with van der Waals surface area (Å²) >= 11 is 0. The number of hydrogen-bond donors (Lipinski definition) is 4. The number of hydrogen-bond acceptors (Lipinski definition) is 8. The summed E-state index contributed by atoms with van der Waals surface area (Å²) < 4.78 is 4.83. The smallest absolute Gasteiger partial charge is 0.303 e. The minimum absolute atomic E-state index is 0.106. The molecular formula is C23H30O8. The fourth-order valence-electron chi connectivity index (χ4n) is 7.09. The number of carbonyl (C=O) groups is 3. The molecule has 4 rings (SSSR count). The number of aliphatic hydroxyl groups excluding tert-OH is 3. The van der Waals surface area contributed by atoms with Crippen molar-refractivity contribution in [3.8, 4) is 0 Å². The topological polar surface area (TPSA) is 141 Å². The predicted molar refractivity (Wildman–Crippen MR) is 107 cm³/mol. The first-order valence-electron chi connectivity index (χ1n) is 10.8. The van der Waals surface area contributed by atoms with Crippen LogP contribution in [0.3, 0.4) is 0 Å². The molecule has 0 radical (unpaired) electrons. The van der Waals surface area contributed by atoms with Crippen molar-refractivity contribution in [1.82, 2.24) is 0 Å². The second-order valence-electron chi connectivity index (χ2n) is 10.1. The molecule has 4 aliphatic carbocycles. The van der Waals surface area contributed by atoms with Crippen LogP contribution in [0.5, 0.6) is 0 Å². The van der Waals surface area contributed by atoms with Gasteiger partial charge in [0.15, 0.2) is 12.4 Å². The molecule has 9 atom stereocenters. The Hall–Kier alpha value is -1.87. The molecule has 4 N–H and O–H groups in total. The van der Waals surface area contributed by atoms with Gasteiger partial charge in [0, 0.05) is 23.7 Å². The first-order chi connectivity index (χ1) is 14.4. The third-order valence-electron chi connectivity index (χ3n) is 8.62. The number of allylic oxidation sites excluding steroid dienone is 3. The molecule has 170 valence electrons. The third kappa shape index (κ3) is 2.92. The minimum Gasteiger partial charge on any atom is -0.458 e. The van der Waals surface area contributed by atoms with E-state index in [0.29, 0.717) is 12.0 Å². The number of carbonyl (C=O) groups excluding carboxylic acids is 3. The van der Waals surface area contributed by atoms with E-state index in [9.17, 15) is 34.8 Å². The van der Waals surface area contributed by atoms with Crippen molar-refractivity contribution < 1.29 is 39.5 Å². The van der Waals surface area contributed by atoms with Gasteiger partial charge in [-0.1, -0.05) is 19.9 Å². The molecule has 31 heavy (non-hydrogen) atoms. The van der Waals surface area contributed by atoms with Gasteiger partial charge in [0.2, 0.25) is 5.78 Å². The van der Waals surface area contributed by atoms with Crippen LogP contribution in [0.4, 0.5) is 0 Å². The van der Waals surface area contributed by atoms with Gasteiger partial charge in [-0.05, 0) is 48.8 Å². The molecule has 0 saturated heterocycles. The Kier molecular flexibility index (Phi) is 5.09. The summed E-state index contributed by atoms with van der Waals surface area (Å²) in [7, 11) is 0. The minimum atomic E-state index is -1.82. The van der Waals surface area contributed by atoms with Crippen molar-refractivity contribution in [1.29, 1.82) is 0 Å². The Bertz CT molecular complexity index is 892. The predicted octanol–water partition coefficient (Wildman–Crippen LogP) is 0.0700. The summed E-state index contributed by atoms with van der Waals surface area (Å²) in [5, 5.41) is 44.7. The number of ether oxygens (including phenoxy) is 1. The average molecular weight is 434 g/mol. The van der Waals surface area contributed by atoms with Crippen molar-refractivity contribution in [2.75, 3.05) is 6.61 Å². The van der Waals surface area contributed by atoms with Gasteiger partial charge in [0.25, 0.3) is 0 Å². The van der Waals surface area contributed by atoms with Gasteiger partial charge in [0.1, 0.15) is 11.7 Å². The van der Waals surface area contributed by atoms with Crippen LogP contribution in [-0.2, 0) is 19.1 Å². The standard InChI is InChI=1S/C23H30O8/c1-11(24)31-10-16(27)23(30)7-5-13-17-18(15(26)9-22(13,23)3)21(2)6-4-12(25)8-14(21)19(28)20(17)29/h4,6,8,13,15,17-20,26,28-30H,5,7,9-10H2,1-3H3/t13-,15?,17-,18-,19+,20-,21-,22-,23-/m0/s1. The highest BCUT2D eigenvalue weighted by Crippen LogP contribution is 2.67. The van der Waals surface area contributed by atoms with Crippen LogP contribution in [0.2, 0.25) is 0 Å². The first kappa shape index (κ1) is 22.3. The molecule has 0 aromatic rings. The normalized spacial score (nSPS) is 48.4. The highest BCUT2D eigenvalue weighted by molar-refractivity contribution is 6.01. The molecule has 8 nitrogen and oxygen atoms in total. The van der Waals surface area contributed by atoms with Gasteiger partial charge < -0.3 is 25.2 Å². The summed E-state index contributed by atoms with van der Waals surface area (Å²) in [6.07, 6.45) is 1.52. The van der Waals surface area contributed by atoms with Crippen molar-refractivity contribution in [2.45, 2.75) is 63.9 Å². The van der Waals surface area contributed by atoms with E-state index in [1.54, 1.807) is 13.0 Å². The molecule has 0 bridgehead atoms. The Labute approximate surface area is 180 Å². The maximum absolute atomic E-state index is 12.9. The molecular weight excluding hydrogens is 404 g/mol. The third-order valence-corrected chi connectivity index (χ3v) is 8.62. The lowest BCUT2D eigenvalue weighted by molar-refractivity contribution is -0.204. The number of aliphatic hydroxyl groups is 4. The van der Waals surface area contributed by atoms with Gasteiger partial charge in [-0.3, -0.25) is 14.4 Å². The Morgan fingerprint density at radius 1 is 1.23 bits per heavy atom. The van der Waals surface area contributed by atoms with Crippen molar-refractivity contribution in [3.05, 3.63) is 23.8 Å². The SMILES string of the molecule is CC(=O)OCC(=O)[C@@]1(O)CC[C@H]2[C@@H]3[C@H](O)[C@H](O)C4=CC(=O)C=C[C@]4(C)[C@H]3C(O)C[C@@]21C. The summed E-state index contributed by atoms with van der Waals surface area (Å²) in [5.74, 6) is -2.99. The highest BCUT2D eigenvalue weighted by Gasteiger charge is 2.70. The maximum Gasteiger partial charge on any atom is 0.303 e. The molecule has 0 amide bonds. The van der Waals surface area contributed by atoms with E-state index in [1.165, 1.54) is 19.1 Å². The Morgan fingerprint density at radius 3 is 2.55 bits per heavy atom. The summed E-state index contributed by atoms with van der Waals surface area (Å²) in [5.41, 5.74) is -3.34. The summed E-state index contributed by atoms with van der Waals surface area (Å²) in [6, 6.07) is 0. The molecule has 4 aliphatic rings. The number of esters is 1. The zero-order valence-corrected chi connectivity index (χ0v) is 17.9. The molecule has 3 fully saturated rings. The van der Waals surface area contributed by atoms with E-state index in [4.69, 9.17) is 4.74 Å². The van der Waals surface area contributed by atoms with Crippen molar-refractivity contribution in [2.24, 2.45) is 28.6 Å². The van der Waals surface area contributed by atoms with E-state index in [-0.39, 0.29) is 24.5 Å². The number of Topliss-reactive ketones (excluding diaryl/α,β-unsaturated/α-hetero) is 1. The molecule has 3 saturated carbocycles. The van der Waals surface area contributed by atoms with Crippen LogP contribution in [0.25, 0.3) is 0 Å². The lowest BCUT2D eigenvalue weighted by Crippen LogP contribution is -2.66. The largest absolute Gasteiger partial charge is 0.458 e. The van der Waals surface area contributed by atoms with Gasteiger partial charge in [0.05, 0.1) is 12.2 Å². The maximum atomic E-state index is 12.9. The fraction of sp³-hybridized carbons (Fsp3) is 0.696. The van der Waals surface area contributed by atoms with Crippen LogP contribution in [0, 0.1) is 28.6 Å². The van der Waals surface area contributed by atoms with E-state index >= 15 is 0 Å². The van der Waals surface area contributed by atoms with Gasteiger partial charge >= 0.3 is 5.97 Å². The monoisotopic (exact) mass is 434 g/mol. The van der Waals surface area contributed by atoms with E-state index in [2.05, 4.69) is 0 Å². The average Bonchev–Trinajstić information content (AvgIpc) is 2.96. The number of ketones is 2. The first-order valence-corrected chi connectivity index (χ1v) is 10.8. The van der Waals surface area contributed by atoms with E-state index < -0.39 is 64.9 Å². The molecule has 0 aromatic carbocycles.